The first kappa shape index (κ1) is 18.5. The van der Waals surface area contributed by atoms with Crippen LogP contribution in [0, 0.1) is 23.2 Å². The summed E-state index contributed by atoms with van der Waals surface area (Å²) >= 11 is 0. The van der Waals surface area contributed by atoms with Gasteiger partial charge in [-0.05, 0) is 70.5 Å². The van der Waals surface area contributed by atoms with Crippen molar-refractivity contribution >= 4 is 0 Å². The van der Waals surface area contributed by atoms with Gasteiger partial charge in [0.05, 0.1) is 6.07 Å². The fourth-order valence-corrected chi connectivity index (χ4v) is 3.27. The second kappa shape index (κ2) is 8.76. The van der Waals surface area contributed by atoms with E-state index in [0.29, 0.717) is 6.04 Å². The van der Waals surface area contributed by atoms with E-state index in [-0.39, 0.29) is 5.54 Å². The van der Waals surface area contributed by atoms with Crippen LogP contribution in [0.25, 0.3) is 0 Å². The maximum atomic E-state index is 9.55. The number of rotatable bonds is 8. The normalized spacial score (nSPS) is 26.5. The Labute approximate surface area is 132 Å². The zero-order valence-electron chi connectivity index (χ0n) is 14.8. The molecule has 0 aromatic rings. The molecule has 21 heavy (non-hydrogen) atoms. The molecule has 0 amide bonds. The summed E-state index contributed by atoms with van der Waals surface area (Å²) in [5.74, 6) is 1.50. The van der Waals surface area contributed by atoms with Crippen LogP contribution in [0.3, 0.4) is 0 Å². The summed E-state index contributed by atoms with van der Waals surface area (Å²) in [7, 11) is 1.94. The van der Waals surface area contributed by atoms with Crippen molar-refractivity contribution in [1.82, 2.24) is 10.2 Å². The molecule has 2 atom stereocenters. The molecule has 0 spiro atoms. The highest BCUT2D eigenvalue weighted by Crippen LogP contribution is 2.31. The molecule has 0 radical (unpaired) electrons. The van der Waals surface area contributed by atoms with Gasteiger partial charge in [-0.25, -0.2) is 0 Å². The average molecular weight is 293 g/mol. The van der Waals surface area contributed by atoms with E-state index in [1.54, 1.807) is 0 Å². The highest BCUT2D eigenvalue weighted by Gasteiger charge is 2.37. The van der Waals surface area contributed by atoms with Gasteiger partial charge in [-0.1, -0.05) is 27.7 Å². The van der Waals surface area contributed by atoms with E-state index in [4.69, 9.17) is 0 Å². The van der Waals surface area contributed by atoms with Gasteiger partial charge >= 0.3 is 0 Å². The van der Waals surface area contributed by atoms with Gasteiger partial charge in [0.1, 0.15) is 5.54 Å². The monoisotopic (exact) mass is 293 g/mol. The molecule has 0 aromatic carbocycles. The molecule has 0 bridgehead atoms. The number of nitriles is 1. The van der Waals surface area contributed by atoms with E-state index >= 15 is 0 Å². The molecule has 1 saturated carbocycles. The van der Waals surface area contributed by atoms with Crippen LogP contribution in [0.15, 0.2) is 0 Å². The van der Waals surface area contributed by atoms with Gasteiger partial charge in [0, 0.05) is 6.04 Å². The third kappa shape index (κ3) is 5.96. The number of hydrogen-bond acceptors (Lipinski definition) is 3. The summed E-state index contributed by atoms with van der Waals surface area (Å²) in [4.78, 5) is 2.67. The first-order chi connectivity index (χ1) is 9.92. The van der Waals surface area contributed by atoms with Crippen LogP contribution in [0.5, 0.6) is 0 Å². The van der Waals surface area contributed by atoms with Crippen molar-refractivity contribution in [3.8, 4) is 6.07 Å². The molecule has 1 rings (SSSR count). The van der Waals surface area contributed by atoms with Crippen molar-refractivity contribution in [2.24, 2.45) is 11.8 Å². The quantitative estimate of drug-likeness (QED) is 0.740. The molecule has 1 aliphatic carbocycles. The lowest BCUT2D eigenvalue weighted by Gasteiger charge is -2.41. The predicted octanol–water partition coefficient (Wildman–Crippen LogP) is 3.80. The Kier molecular flexibility index (Phi) is 7.70. The Morgan fingerprint density at radius 1 is 1.19 bits per heavy atom. The second-order valence-corrected chi connectivity index (χ2v) is 7.60. The highest BCUT2D eigenvalue weighted by molar-refractivity contribution is 5.10. The van der Waals surface area contributed by atoms with E-state index in [1.807, 2.05) is 7.05 Å². The maximum absolute atomic E-state index is 9.55. The fourth-order valence-electron chi connectivity index (χ4n) is 3.27. The lowest BCUT2D eigenvalue weighted by atomic mass is 9.79. The Hall–Kier alpha value is -0.590. The van der Waals surface area contributed by atoms with Crippen molar-refractivity contribution in [2.45, 2.75) is 77.8 Å². The molecule has 1 aliphatic rings. The van der Waals surface area contributed by atoms with Crippen LogP contribution >= 0.6 is 0 Å². The van der Waals surface area contributed by atoms with E-state index in [0.717, 1.165) is 24.7 Å². The highest BCUT2D eigenvalue weighted by atomic mass is 15.2. The molecule has 1 fully saturated rings. The predicted molar refractivity (Wildman–Crippen MR) is 90.1 cm³/mol. The van der Waals surface area contributed by atoms with E-state index < -0.39 is 0 Å². The van der Waals surface area contributed by atoms with Crippen LogP contribution in [-0.4, -0.2) is 36.6 Å². The van der Waals surface area contributed by atoms with Crippen LogP contribution in [0.1, 0.15) is 66.2 Å². The van der Waals surface area contributed by atoms with Crippen LogP contribution < -0.4 is 5.32 Å². The molecule has 3 heteroatoms. The zero-order valence-corrected chi connectivity index (χ0v) is 14.8. The molecule has 122 valence electrons. The van der Waals surface area contributed by atoms with Gasteiger partial charge in [-0.15, -0.1) is 0 Å². The lowest BCUT2D eigenvalue weighted by Crippen LogP contribution is -2.52. The summed E-state index contributed by atoms with van der Waals surface area (Å²) in [5, 5.41) is 12.8. The number of nitrogens with zero attached hydrogens (tertiary/aromatic N) is 2. The SMILES string of the molecule is CNC1(C#N)CCCC(N(CCC(C)C)CCC(C)C)C1. The summed E-state index contributed by atoms with van der Waals surface area (Å²) in [5.41, 5.74) is -0.295. The number of nitrogens with one attached hydrogen (secondary N) is 1. The summed E-state index contributed by atoms with van der Waals surface area (Å²) in [6.07, 6.45) is 6.91. The largest absolute Gasteiger partial charge is 0.302 e. The summed E-state index contributed by atoms with van der Waals surface area (Å²) in [6.45, 7) is 11.6. The minimum absolute atomic E-state index is 0.295. The van der Waals surface area contributed by atoms with Crippen molar-refractivity contribution in [3.63, 3.8) is 0 Å². The molecule has 0 heterocycles. The first-order valence-electron chi connectivity index (χ1n) is 8.76. The van der Waals surface area contributed by atoms with E-state index in [1.165, 1.54) is 38.8 Å². The maximum Gasteiger partial charge on any atom is 0.108 e. The molecular weight excluding hydrogens is 258 g/mol. The Balaban J connectivity index is 2.69. The lowest BCUT2D eigenvalue weighted by molar-refractivity contribution is 0.112. The van der Waals surface area contributed by atoms with E-state index in [9.17, 15) is 5.26 Å². The third-order valence-corrected chi connectivity index (χ3v) is 4.92. The fraction of sp³-hybridized carbons (Fsp3) is 0.944. The molecule has 3 nitrogen and oxygen atoms in total. The second-order valence-electron chi connectivity index (χ2n) is 7.60. The van der Waals surface area contributed by atoms with Gasteiger partial charge in [0.15, 0.2) is 0 Å². The standard InChI is InChI=1S/C18H35N3/c1-15(2)8-11-21(12-9-16(3)4)17-7-6-10-18(13-17,14-19)20-5/h15-17,20H,6-13H2,1-5H3. The van der Waals surface area contributed by atoms with Gasteiger partial charge in [0.2, 0.25) is 0 Å². The van der Waals surface area contributed by atoms with Crippen molar-refractivity contribution < 1.29 is 0 Å². The molecule has 2 unspecified atom stereocenters. The van der Waals surface area contributed by atoms with Gasteiger partial charge in [-0.2, -0.15) is 5.26 Å². The zero-order chi connectivity index (χ0) is 15.9. The molecule has 0 aromatic heterocycles. The average Bonchev–Trinajstić information content (AvgIpc) is 2.46. The van der Waals surface area contributed by atoms with Gasteiger partial charge < -0.3 is 10.2 Å². The minimum atomic E-state index is -0.295. The topological polar surface area (TPSA) is 39.1 Å². The first-order valence-corrected chi connectivity index (χ1v) is 8.76. The number of hydrogen-bond donors (Lipinski definition) is 1. The summed E-state index contributed by atoms with van der Waals surface area (Å²) < 4.78 is 0. The molecular formula is C18H35N3. The van der Waals surface area contributed by atoms with Crippen molar-refractivity contribution in [3.05, 3.63) is 0 Å². The van der Waals surface area contributed by atoms with Gasteiger partial charge in [0.25, 0.3) is 0 Å². The minimum Gasteiger partial charge on any atom is -0.302 e. The smallest absolute Gasteiger partial charge is 0.108 e. The van der Waals surface area contributed by atoms with Crippen molar-refractivity contribution in [2.75, 3.05) is 20.1 Å². The molecule has 1 N–H and O–H groups in total. The Morgan fingerprint density at radius 3 is 2.19 bits per heavy atom. The van der Waals surface area contributed by atoms with Crippen LogP contribution in [0.2, 0.25) is 0 Å². The van der Waals surface area contributed by atoms with E-state index in [2.05, 4.69) is 44.0 Å². The van der Waals surface area contributed by atoms with Crippen LogP contribution in [-0.2, 0) is 0 Å². The third-order valence-electron chi connectivity index (χ3n) is 4.92. The van der Waals surface area contributed by atoms with Crippen molar-refractivity contribution in [1.29, 1.82) is 5.26 Å². The molecule has 0 aliphatic heterocycles. The molecule has 0 saturated heterocycles. The van der Waals surface area contributed by atoms with Gasteiger partial charge in [-0.3, -0.25) is 0 Å². The van der Waals surface area contributed by atoms with Crippen LogP contribution in [0.4, 0.5) is 0 Å². The Morgan fingerprint density at radius 2 is 1.76 bits per heavy atom. The Bertz CT molecular complexity index is 320. The summed E-state index contributed by atoms with van der Waals surface area (Å²) in [6, 6.07) is 3.12.